The van der Waals surface area contributed by atoms with Gasteiger partial charge in [-0.1, -0.05) is 12.1 Å². The summed E-state index contributed by atoms with van der Waals surface area (Å²) in [5.74, 6) is -0.0863. The van der Waals surface area contributed by atoms with E-state index in [0.29, 0.717) is 31.6 Å². The molecule has 0 aromatic heterocycles. The summed E-state index contributed by atoms with van der Waals surface area (Å²) in [6.45, 7) is 1.12. The molecule has 3 rings (SSSR count). The van der Waals surface area contributed by atoms with Crippen molar-refractivity contribution in [1.82, 2.24) is 5.32 Å². The Kier molecular flexibility index (Phi) is 3.90. The van der Waals surface area contributed by atoms with E-state index in [1.807, 2.05) is 18.2 Å². The van der Waals surface area contributed by atoms with Gasteiger partial charge in [0.05, 0.1) is 23.5 Å². The maximum absolute atomic E-state index is 12.2. The van der Waals surface area contributed by atoms with Gasteiger partial charge < -0.3 is 20.6 Å². The summed E-state index contributed by atoms with van der Waals surface area (Å²) < 4.78 is 0. The van der Waals surface area contributed by atoms with E-state index in [1.165, 1.54) is 0 Å². The first-order valence-electron chi connectivity index (χ1n) is 7.27. The summed E-state index contributed by atoms with van der Waals surface area (Å²) in [5, 5.41) is 15.3. The molecule has 2 aliphatic heterocycles. The lowest BCUT2D eigenvalue weighted by Crippen LogP contribution is -2.36. The highest BCUT2D eigenvalue weighted by Crippen LogP contribution is 2.29. The van der Waals surface area contributed by atoms with Gasteiger partial charge in [0.15, 0.2) is 0 Å². The van der Waals surface area contributed by atoms with Crippen molar-refractivity contribution in [3.8, 4) is 0 Å². The standard InChI is InChI=1S/C15H19N3O3/c19-10-8-12(16-9-10)15(21)17-11-4-1-2-5-13(11)18-7-3-6-14(18)20/h1-2,4-5,10,12,16,19H,3,6-9H2,(H,17,21). The van der Waals surface area contributed by atoms with Crippen LogP contribution in [-0.2, 0) is 9.59 Å². The summed E-state index contributed by atoms with van der Waals surface area (Å²) in [6.07, 6.45) is 1.34. The van der Waals surface area contributed by atoms with Crippen molar-refractivity contribution in [3.05, 3.63) is 24.3 Å². The molecule has 21 heavy (non-hydrogen) atoms. The van der Waals surface area contributed by atoms with Crippen molar-refractivity contribution >= 4 is 23.2 Å². The SMILES string of the molecule is O=C(Nc1ccccc1N1CCCC1=O)C1CC(O)CN1. The van der Waals surface area contributed by atoms with Crippen LogP contribution in [0, 0.1) is 0 Å². The van der Waals surface area contributed by atoms with E-state index < -0.39 is 6.10 Å². The lowest BCUT2D eigenvalue weighted by molar-refractivity contribution is -0.118. The zero-order chi connectivity index (χ0) is 14.8. The number of β-amino-alcohol motifs (C(OH)–C–C–N with tert-alkyl or cyclic N) is 1. The molecule has 1 aromatic carbocycles. The second-order valence-electron chi connectivity index (χ2n) is 5.51. The van der Waals surface area contributed by atoms with Crippen LogP contribution in [0.2, 0.25) is 0 Å². The monoisotopic (exact) mass is 289 g/mol. The van der Waals surface area contributed by atoms with Gasteiger partial charge in [-0.05, 0) is 25.0 Å². The first-order valence-corrected chi connectivity index (χ1v) is 7.27. The third-order valence-corrected chi connectivity index (χ3v) is 3.95. The lowest BCUT2D eigenvalue weighted by Gasteiger charge is -2.21. The number of aliphatic hydroxyl groups excluding tert-OH is 1. The molecule has 0 spiro atoms. The molecule has 2 saturated heterocycles. The van der Waals surface area contributed by atoms with Crippen LogP contribution in [0.5, 0.6) is 0 Å². The van der Waals surface area contributed by atoms with E-state index in [0.717, 1.165) is 12.1 Å². The van der Waals surface area contributed by atoms with Gasteiger partial charge in [0, 0.05) is 19.5 Å². The average Bonchev–Trinajstić information content (AvgIpc) is 3.08. The topological polar surface area (TPSA) is 81.7 Å². The molecular weight excluding hydrogens is 270 g/mol. The molecule has 2 amide bonds. The fourth-order valence-corrected chi connectivity index (χ4v) is 2.85. The quantitative estimate of drug-likeness (QED) is 0.756. The molecular formula is C15H19N3O3. The number of nitrogens with one attached hydrogen (secondary N) is 2. The van der Waals surface area contributed by atoms with Crippen LogP contribution < -0.4 is 15.5 Å². The molecule has 0 saturated carbocycles. The first-order chi connectivity index (χ1) is 10.1. The van der Waals surface area contributed by atoms with Gasteiger partial charge in [0.2, 0.25) is 11.8 Å². The molecule has 2 atom stereocenters. The Labute approximate surface area is 123 Å². The number of aliphatic hydroxyl groups is 1. The summed E-state index contributed by atoms with van der Waals surface area (Å²) in [4.78, 5) is 25.8. The van der Waals surface area contributed by atoms with Crippen LogP contribution in [0.1, 0.15) is 19.3 Å². The van der Waals surface area contributed by atoms with Crippen LogP contribution in [-0.4, -0.2) is 42.2 Å². The first kappa shape index (κ1) is 14.0. The molecule has 2 aliphatic rings. The molecule has 6 nitrogen and oxygen atoms in total. The van der Waals surface area contributed by atoms with E-state index in [1.54, 1.807) is 11.0 Å². The van der Waals surface area contributed by atoms with Gasteiger partial charge in [-0.15, -0.1) is 0 Å². The van der Waals surface area contributed by atoms with E-state index in [2.05, 4.69) is 10.6 Å². The number of hydrogen-bond acceptors (Lipinski definition) is 4. The average molecular weight is 289 g/mol. The number of rotatable bonds is 3. The number of benzene rings is 1. The van der Waals surface area contributed by atoms with E-state index in [9.17, 15) is 14.7 Å². The Morgan fingerprint density at radius 2 is 2.19 bits per heavy atom. The Bertz CT molecular complexity index is 561. The summed E-state index contributed by atoms with van der Waals surface area (Å²) in [7, 11) is 0. The number of nitrogens with zero attached hydrogens (tertiary/aromatic N) is 1. The highest BCUT2D eigenvalue weighted by molar-refractivity contribution is 6.03. The number of amides is 2. The summed E-state index contributed by atoms with van der Waals surface area (Å²) in [6, 6.07) is 6.94. The second-order valence-corrected chi connectivity index (χ2v) is 5.51. The van der Waals surface area contributed by atoms with E-state index in [4.69, 9.17) is 0 Å². The molecule has 0 bridgehead atoms. The molecule has 2 fully saturated rings. The molecule has 3 N–H and O–H groups in total. The highest BCUT2D eigenvalue weighted by Gasteiger charge is 2.29. The zero-order valence-electron chi connectivity index (χ0n) is 11.7. The number of carbonyl (C=O) groups is 2. The van der Waals surface area contributed by atoms with Crippen LogP contribution >= 0.6 is 0 Å². The van der Waals surface area contributed by atoms with Gasteiger partial charge in [-0.3, -0.25) is 9.59 Å². The molecule has 0 radical (unpaired) electrons. The van der Waals surface area contributed by atoms with Gasteiger partial charge in [0.1, 0.15) is 0 Å². The van der Waals surface area contributed by atoms with Crippen molar-refractivity contribution in [1.29, 1.82) is 0 Å². The minimum atomic E-state index is -0.476. The normalized spacial score (nSPS) is 25.4. The lowest BCUT2D eigenvalue weighted by atomic mass is 10.1. The number of hydrogen-bond donors (Lipinski definition) is 3. The predicted octanol–water partition coefficient (Wildman–Crippen LogP) is 0.475. The maximum Gasteiger partial charge on any atom is 0.241 e. The van der Waals surface area contributed by atoms with Crippen molar-refractivity contribution in [2.45, 2.75) is 31.4 Å². The largest absolute Gasteiger partial charge is 0.392 e. The van der Waals surface area contributed by atoms with Gasteiger partial charge in [-0.25, -0.2) is 0 Å². The minimum Gasteiger partial charge on any atom is -0.392 e. The molecule has 112 valence electrons. The Morgan fingerprint density at radius 3 is 2.86 bits per heavy atom. The van der Waals surface area contributed by atoms with Gasteiger partial charge >= 0.3 is 0 Å². The van der Waals surface area contributed by atoms with Crippen molar-refractivity contribution in [2.75, 3.05) is 23.3 Å². The van der Waals surface area contributed by atoms with E-state index >= 15 is 0 Å². The Balaban J connectivity index is 1.76. The predicted molar refractivity (Wildman–Crippen MR) is 79.1 cm³/mol. The van der Waals surface area contributed by atoms with Crippen LogP contribution in [0.4, 0.5) is 11.4 Å². The second kappa shape index (κ2) is 5.83. The van der Waals surface area contributed by atoms with Crippen molar-refractivity contribution in [2.24, 2.45) is 0 Å². The molecule has 0 aliphatic carbocycles. The van der Waals surface area contributed by atoms with Gasteiger partial charge in [0.25, 0.3) is 0 Å². The van der Waals surface area contributed by atoms with Crippen LogP contribution in [0.25, 0.3) is 0 Å². The molecule has 1 aromatic rings. The smallest absolute Gasteiger partial charge is 0.241 e. The summed E-state index contributed by atoms with van der Waals surface area (Å²) in [5.41, 5.74) is 1.38. The third-order valence-electron chi connectivity index (χ3n) is 3.95. The number of anilines is 2. The van der Waals surface area contributed by atoms with Crippen LogP contribution in [0.15, 0.2) is 24.3 Å². The fourth-order valence-electron chi connectivity index (χ4n) is 2.85. The van der Waals surface area contributed by atoms with Crippen molar-refractivity contribution in [3.63, 3.8) is 0 Å². The number of carbonyl (C=O) groups excluding carboxylic acids is 2. The number of para-hydroxylation sites is 2. The summed E-state index contributed by atoms with van der Waals surface area (Å²) >= 11 is 0. The molecule has 2 unspecified atom stereocenters. The van der Waals surface area contributed by atoms with Crippen LogP contribution in [0.3, 0.4) is 0 Å². The third kappa shape index (κ3) is 2.91. The minimum absolute atomic E-state index is 0.0890. The maximum atomic E-state index is 12.2. The zero-order valence-corrected chi connectivity index (χ0v) is 11.7. The Hall–Kier alpha value is -1.92. The fraction of sp³-hybridized carbons (Fsp3) is 0.467. The molecule has 2 heterocycles. The Morgan fingerprint density at radius 1 is 1.38 bits per heavy atom. The van der Waals surface area contributed by atoms with Crippen molar-refractivity contribution < 1.29 is 14.7 Å². The van der Waals surface area contributed by atoms with Gasteiger partial charge in [-0.2, -0.15) is 0 Å². The molecule has 6 heteroatoms. The highest BCUT2D eigenvalue weighted by atomic mass is 16.3. The van der Waals surface area contributed by atoms with E-state index in [-0.39, 0.29) is 17.9 Å².